The fourth-order valence-electron chi connectivity index (χ4n) is 1.64. The third kappa shape index (κ3) is 2.45. The van der Waals surface area contributed by atoms with E-state index in [4.69, 9.17) is 5.26 Å². The van der Waals surface area contributed by atoms with Gasteiger partial charge in [0.25, 0.3) is 0 Å². The van der Waals surface area contributed by atoms with E-state index in [0.717, 1.165) is 11.7 Å². The normalized spacial score (nSPS) is 13.6. The first-order chi connectivity index (χ1) is 8.98. The van der Waals surface area contributed by atoms with Crippen molar-refractivity contribution in [3.05, 3.63) is 18.2 Å². The predicted molar refractivity (Wildman–Crippen MR) is 72.1 cm³/mol. The highest BCUT2D eigenvalue weighted by atomic mass is 32.2. The zero-order chi connectivity index (χ0) is 14.0. The molecule has 6 nitrogen and oxygen atoms in total. The molecule has 0 saturated carbocycles. The Morgan fingerprint density at radius 3 is 2.89 bits per heavy atom. The summed E-state index contributed by atoms with van der Waals surface area (Å²) in [5.74, 6) is 0. The van der Waals surface area contributed by atoms with Gasteiger partial charge in [-0.05, 0) is 19.1 Å². The molecule has 0 aliphatic carbocycles. The molecule has 1 unspecified atom stereocenters. The average molecular weight is 296 g/mol. The van der Waals surface area contributed by atoms with Crippen LogP contribution in [0.1, 0.15) is 13.3 Å². The number of nitrogens with zero attached hydrogens (tertiary/aromatic N) is 4. The molecule has 2 rings (SSSR count). The lowest BCUT2D eigenvalue weighted by Crippen LogP contribution is -2.34. The van der Waals surface area contributed by atoms with Crippen LogP contribution in [-0.4, -0.2) is 34.6 Å². The molecule has 0 aliphatic rings. The van der Waals surface area contributed by atoms with Crippen molar-refractivity contribution in [2.24, 2.45) is 0 Å². The second kappa shape index (κ2) is 5.21. The summed E-state index contributed by atoms with van der Waals surface area (Å²) in [6.07, 6.45) is 0.140. The number of sulfonamides is 1. The highest BCUT2D eigenvalue weighted by Crippen LogP contribution is 2.25. The van der Waals surface area contributed by atoms with Crippen LogP contribution in [0.2, 0.25) is 0 Å². The van der Waals surface area contributed by atoms with Crippen molar-refractivity contribution in [3.8, 4) is 6.07 Å². The Labute approximate surface area is 115 Å². The molecule has 0 radical (unpaired) electrons. The summed E-state index contributed by atoms with van der Waals surface area (Å²) >= 11 is 0.978. The number of fused-ring (bicyclic) bond motifs is 1. The molecule has 1 aromatic heterocycles. The van der Waals surface area contributed by atoms with Gasteiger partial charge in [-0.15, -0.1) is 0 Å². The summed E-state index contributed by atoms with van der Waals surface area (Å²) in [7, 11) is -2.20. The Hall–Kier alpha value is -1.56. The molecule has 0 fully saturated rings. The Bertz CT molecular complexity index is 732. The highest BCUT2D eigenvalue weighted by Gasteiger charge is 2.27. The maximum Gasteiger partial charge on any atom is 0.245 e. The number of rotatable bonds is 4. The van der Waals surface area contributed by atoms with Gasteiger partial charge in [0, 0.05) is 13.1 Å². The smallest absolute Gasteiger partial charge is 0.207 e. The fourth-order valence-corrected chi connectivity index (χ4v) is 3.75. The largest absolute Gasteiger partial charge is 0.245 e. The minimum absolute atomic E-state index is 0.131. The van der Waals surface area contributed by atoms with Gasteiger partial charge < -0.3 is 0 Å². The van der Waals surface area contributed by atoms with Crippen LogP contribution in [0.25, 0.3) is 11.0 Å². The molecular weight excluding hydrogens is 284 g/mol. The molecule has 0 amide bonds. The van der Waals surface area contributed by atoms with Crippen LogP contribution in [0.15, 0.2) is 23.1 Å². The standard InChI is InChI=1S/C11H12N4O2S2/c1-8(6-7-12)15(2)19(16,17)10-5-3-4-9-11(10)14-18-13-9/h3-5,8H,6H2,1-2H3. The minimum atomic E-state index is -3.67. The first-order valence-electron chi connectivity index (χ1n) is 5.54. The van der Waals surface area contributed by atoms with Gasteiger partial charge in [0.15, 0.2) is 0 Å². The molecule has 0 N–H and O–H groups in total. The van der Waals surface area contributed by atoms with Crippen molar-refractivity contribution in [3.63, 3.8) is 0 Å². The van der Waals surface area contributed by atoms with Crippen molar-refractivity contribution in [1.29, 1.82) is 5.26 Å². The lowest BCUT2D eigenvalue weighted by Gasteiger charge is -2.22. The van der Waals surface area contributed by atoms with Crippen LogP contribution in [0.3, 0.4) is 0 Å². The molecule has 0 bridgehead atoms. The van der Waals surface area contributed by atoms with Crippen molar-refractivity contribution in [2.75, 3.05) is 7.05 Å². The van der Waals surface area contributed by atoms with Gasteiger partial charge in [-0.3, -0.25) is 0 Å². The summed E-state index contributed by atoms with van der Waals surface area (Å²) in [5.41, 5.74) is 0.941. The van der Waals surface area contributed by atoms with Crippen molar-refractivity contribution < 1.29 is 8.42 Å². The maximum absolute atomic E-state index is 12.5. The summed E-state index contributed by atoms with van der Waals surface area (Å²) in [6, 6.07) is 6.45. The third-order valence-corrected chi connectivity index (χ3v) is 5.46. The molecule has 100 valence electrons. The molecular formula is C11H12N4O2S2. The van der Waals surface area contributed by atoms with Crippen LogP contribution < -0.4 is 0 Å². The van der Waals surface area contributed by atoms with Crippen LogP contribution in [0, 0.1) is 11.3 Å². The van der Waals surface area contributed by atoms with E-state index in [1.54, 1.807) is 19.1 Å². The topological polar surface area (TPSA) is 87.0 Å². The first-order valence-corrected chi connectivity index (χ1v) is 7.71. The van der Waals surface area contributed by atoms with E-state index in [9.17, 15) is 8.42 Å². The fraction of sp³-hybridized carbons (Fsp3) is 0.364. The first kappa shape index (κ1) is 13.9. The quantitative estimate of drug-likeness (QED) is 0.855. The lowest BCUT2D eigenvalue weighted by molar-refractivity contribution is 0.393. The van der Waals surface area contributed by atoms with Crippen LogP contribution in [0.5, 0.6) is 0 Å². The summed E-state index contributed by atoms with van der Waals surface area (Å²) in [6.45, 7) is 1.69. The van der Waals surface area contributed by atoms with Crippen molar-refractivity contribution in [2.45, 2.75) is 24.3 Å². The number of nitriles is 1. The van der Waals surface area contributed by atoms with Gasteiger partial charge in [0.2, 0.25) is 10.0 Å². The summed E-state index contributed by atoms with van der Waals surface area (Å²) < 4.78 is 34.3. The molecule has 2 aromatic rings. The Kier molecular flexibility index (Phi) is 3.80. The molecule has 1 atom stereocenters. The number of aromatic nitrogens is 2. The molecule has 0 aliphatic heterocycles. The Morgan fingerprint density at radius 1 is 1.47 bits per heavy atom. The number of benzene rings is 1. The van der Waals surface area contributed by atoms with E-state index < -0.39 is 16.1 Å². The van der Waals surface area contributed by atoms with Gasteiger partial charge in [-0.1, -0.05) is 6.07 Å². The molecule has 0 saturated heterocycles. The molecule has 8 heteroatoms. The molecule has 19 heavy (non-hydrogen) atoms. The van der Waals surface area contributed by atoms with E-state index in [1.807, 2.05) is 6.07 Å². The van der Waals surface area contributed by atoms with E-state index in [0.29, 0.717) is 11.0 Å². The van der Waals surface area contributed by atoms with Gasteiger partial charge in [-0.25, -0.2) is 8.42 Å². The second-order valence-corrected chi connectivity index (χ2v) is 6.61. The van der Waals surface area contributed by atoms with E-state index >= 15 is 0 Å². The van der Waals surface area contributed by atoms with Gasteiger partial charge in [0.1, 0.15) is 15.9 Å². The molecule has 0 spiro atoms. The second-order valence-electron chi connectivity index (χ2n) is 4.12. The lowest BCUT2D eigenvalue weighted by atomic mass is 10.3. The third-order valence-electron chi connectivity index (χ3n) is 2.91. The van der Waals surface area contributed by atoms with E-state index in [-0.39, 0.29) is 11.3 Å². The Balaban J connectivity index is 2.51. The van der Waals surface area contributed by atoms with E-state index in [1.165, 1.54) is 17.4 Å². The minimum Gasteiger partial charge on any atom is -0.207 e. The number of hydrogen-bond acceptors (Lipinski definition) is 6. The van der Waals surface area contributed by atoms with Crippen molar-refractivity contribution in [1.82, 2.24) is 13.1 Å². The predicted octanol–water partition coefficient (Wildman–Crippen LogP) is 1.61. The summed E-state index contributed by atoms with van der Waals surface area (Å²) in [5, 5.41) is 8.67. The maximum atomic E-state index is 12.5. The zero-order valence-electron chi connectivity index (χ0n) is 10.4. The van der Waals surface area contributed by atoms with Crippen molar-refractivity contribution >= 4 is 32.8 Å². The van der Waals surface area contributed by atoms with Gasteiger partial charge >= 0.3 is 0 Å². The molecule has 1 heterocycles. The van der Waals surface area contributed by atoms with E-state index in [2.05, 4.69) is 8.75 Å². The molecule has 1 aromatic carbocycles. The monoisotopic (exact) mass is 296 g/mol. The SMILES string of the molecule is CC(CC#N)N(C)S(=O)(=O)c1cccc2nsnc12. The van der Waals surface area contributed by atoms with Crippen LogP contribution in [0.4, 0.5) is 0 Å². The summed E-state index contributed by atoms with van der Waals surface area (Å²) in [4.78, 5) is 0.131. The zero-order valence-corrected chi connectivity index (χ0v) is 12.1. The van der Waals surface area contributed by atoms with Gasteiger partial charge in [-0.2, -0.15) is 18.3 Å². The van der Waals surface area contributed by atoms with Crippen LogP contribution >= 0.6 is 11.7 Å². The van der Waals surface area contributed by atoms with Crippen LogP contribution in [-0.2, 0) is 10.0 Å². The van der Waals surface area contributed by atoms with Gasteiger partial charge in [0.05, 0.1) is 24.2 Å². The number of hydrogen-bond donors (Lipinski definition) is 0. The average Bonchev–Trinajstić information content (AvgIpc) is 2.85. The Morgan fingerprint density at radius 2 is 2.21 bits per heavy atom. The highest BCUT2D eigenvalue weighted by molar-refractivity contribution is 7.89.